The number of nitrogens with zero attached hydrogens (tertiary/aromatic N) is 2. The van der Waals surface area contributed by atoms with Gasteiger partial charge in [0.2, 0.25) is 0 Å². The number of sulfonamides is 1. The Hall–Kier alpha value is -1.44. The maximum atomic E-state index is 12.7. The zero-order valence-electron chi connectivity index (χ0n) is 12.3. The van der Waals surface area contributed by atoms with Crippen molar-refractivity contribution >= 4 is 21.4 Å². The predicted molar refractivity (Wildman–Crippen MR) is 85.7 cm³/mol. The maximum Gasteiger partial charge on any atom is 0.252 e. The molecule has 1 unspecified atom stereocenters. The molecule has 0 amide bonds. The van der Waals surface area contributed by atoms with E-state index in [1.54, 1.807) is 30.6 Å². The fraction of sp³-hybridized carbons (Fsp3) is 0.400. The fourth-order valence-corrected chi connectivity index (χ4v) is 5.45. The normalized spacial score (nSPS) is 20.0. The van der Waals surface area contributed by atoms with Gasteiger partial charge < -0.3 is 4.74 Å². The fourth-order valence-electron chi connectivity index (χ4n) is 2.51. The van der Waals surface area contributed by atoms with Crippen LogP contribution in [0.5, 0.6) is 5.75 Å². The van der Waals surface area contributed by atoms with E-state index in [-0.39, 0.29) is 6.10 Å². The SMILES string of the molecule is Cc1ccc(S(=O)(=O)N2CCCC(Oc3ccncc3)C2)s1. The summed E-state index contributed by atoms with van der Waals surface area (Å²) in [5.74, 6) is 0.728. The highest BCUT2D eigenvalue weighted by atomic mass is 32.2. The molecule has 2 aromatic heterocycles. The molecule has 0 saturated carbocycles. The van der Waals surface area contributed by atoms with Gasteiger partial charge in [-0.1, -0.05) is 0 Å². The Balaban J connectivity index is 1.73. The number of ether oxygens (including phenoxy) is 1. The van der Waals surface area contributed by atoms with Crippen molar-refractivity contribution in [2.24, 2.45) is 0 Å². The van der Waals surface area contributed by atoms with E-state index >= 15 is 0 Å². The van der Waals surface area contributed by atoms with Crippen molar-refractivity contribution in [1.29, 1.82) is 0 Å². The van der Waals surface area contributed by atoms with Crippen LogP contribution in [0, 0.1) is 6.92 Å². The molecule has 5 nitrogen and oxygen atoms in total. The van der Waals surface area contributed by atoms with Gasteiger partial charge in [-0.3, -0.25) is 4.98 Å². The van der Waals surface area contributed by atoms with Crippen LogP contribution in [0.3, 0.4) is 0 Å². The van der Waals surface area contributed by atoms with Gasteiger partial charge in [-0.2, -0.15) is 4.31 Å². The molecule has 1 aliphatic heterocycles. The van der Waals surface area contributed by atoms with Gasteiger partial charge in [0.15, 0.2) is 0 Å². The summed E-state index contributed by atoms with van der Waals surface area (Å²) >= 11 is 1.31. The molecule has 7 heteroatoms. The molecule has 118 valence electrons. The van der Waals surface area contributed by atoms with E-state index in [1.807, 2.05) is 13.0 Å². The molecule has 0 aromatic carbocycles. The Morgan fingerprint density at radius 3 is 2.73 bits per heavy atom. The van der Waals surface area contributed by atoms with Crippen molar-refractivity contribution in [1.82, 2.24) is 9.29 Å². The summed E-state index contributed by atoms with van der Waals surface area (Å²) in [6.45, 7) is 2.85. The third-order valence-corrected chi connectivity index (χ3v) is 6.94. The lowest BCUT2D eigenvalue weighted by Crippen LogP contribution is -2.44. The zero-order chi connectivity index (χ0) is 15.6. The van der Waals surface area contributed by atoms with Crippen molar-refractivity contribution in [3.8, 4) is 5.75 Å². The first-order chi connectivity index (χ1) is 10.6. The molecular formula is C15H18N2O3S2. The molecule has 0 radical (unpaired) electrons. The van der Waals surface area contributed by atoms with Crippen LogP contribution >= 0.6 is 11.3 Å². The van der Waals surface area contributed by atoms with E-state index in [9.17, 15) is 8.42 Å². The second-order valence-electron chi connectivity index (χ2n) is 5.29. The number of rotatable bonds is 4. The van der Waals surface area contributed by atoms with E-state index < -0.39 is 10.0 Å². The molecule has 0 bridgehead atoms. The first kappa shape index (κ1) is 15.5. The van der Waals surface area contributed by atoms with Gasteiger partial charge in [0, 0.05) is 23.8 Å². The minimum atomic E-state index is -3.41. The highest BCUT2D eigenvalue weighted by Crippen LogP contribution is 2.27. The molecule has 2 aromatic rings. The van der Waals surface area contributed by atoms with Crippen LogP contribution in [0.25, 0.3) is 0 Å². The molecule has 0 spiro atoms. The van der Waals surface area contributed by atoms with Crippen molar-refractivity contribution in [2.45, 2.75) is 30.1 Å². The summed E-state index contributed by atoms with van der Waals surface area (Å²) in [6.07, 6.45) is 4.88. The van der Waals surface area contributed by atoms with E-state index in [0.717, 1.165) is 23.5 Å². The average molecular weight is 338 g/mol. The van der Waals surface area contributed by atoms with Crippen LogP contribution in [0.4, 0.5) is 0 Å². The van der Waals surface area contributed by atoms with Crippen LogP contribution < -0.4 is 4.74 Å². The van der Waals surface area contributed by atoms with E-state index in [0.29, 0.717) is 17.3 Å². The van der Waals surface area contributed by atoms with Gasteiger partial charge >= 0.3 is 0 Å². The standard InChI is InChI=1S/C15H18N2O3S2/c1-12-4-5-15(21-12)22(18,19)17-10-2-3-14(11-17)20-13-6-8-16-9-7-13/h4-9,14H,2-3,10-11H2,1H3. The van der Waals surface area contributed by atoms with E-state index in [1.165, 1.54) is 15.6 Å². The molecular weight excluding hydrogens is 320 g/mol. The summed E-state index contributed by atoms with van der Waals surface area (Å²) in [5.41, 5.74) is 0. The molecule has 3 rings (SSSR count). The van der Waals surface area contributed by atoms with Crippen molar-refractivity contribution in [2.75, 3.05) is 13.1 Å². The lowest BCUT2D eigenvalue weighted by molar-refractivity contribution is 0.130. The second kappa shape index (κ2) is 6.36. The first-order valence-electron chi connectivity index (χ1n) is 7.19. The van der Waals surface area contributed by atoms with Crippen molar-refractivity contribution in [3.05, 3.63) is 41.5 Å². The quantitative estimate of drug-likeness (QED) is 0.860. The minimum Gasteiger partial charge on any atom is -0.489 e. The van der Waals surface area contributed by atoms with E-state index in [2.05, 4.69) is 4.98 Å². The Morgan fingerprint density at radius 2 is 2.05 bits per heavy atom. The monoisotopic (exact) mass is 338 g/mol. The number of piperidine rings is 1. The minimum absolute atomic E-state index is 0.119. The summed E-state index contributed by atoms with van der Waals surface area (Å²) in [4.78, 5) is 4.95. The van der Waals surface area contributed by atoms with Gasteiger partial charge in [0.1, 0.15) is 16.1 Å². The van der Waals surface area contributed by atoms with Crippen LogP contribution in [0.1, 0.15) is 17.7 Å². The lowest BCUT2D eigenvalue weighted by atomic mass is 10.1. The van der Waals surface area contributed by atoms with Crippen LogP contribution in [-0.2, 0) is 10.0 Å². The van der Waals surface area contributed by atoms with Crippen molar-refractivity contribution < 1.29 is 13.2 Å². The number of hydrogen-bond donors (Lipinski definition) is 0. The Bertz CT molecular complexity index is 728. The smallest absolute Gasteiger partial charge is 0.252 e. The van der Waals surface area contributed by atoms with Crippen LogP contribution in [0.2, 0.25) is 0 Å². The van der Waals surface area contributed by atoms with Crippen LogP contribution in [0.15, 0.2) is 40.9 Å². The van der Waals surface area contributed by atoms with Gasteiger partial charge in [-0.25, -0.2) is 8.42 Å². The number of aromatic nitrogens is 1. The number of pyridine rings is 1. The molecule has 0 aliphatic carbocycles. The average Bonchev–Trinajstić information content (AvgIpc) is 2.96. The number of aryl methyl sites for hydroxylation is 1. The topological polar surface area (TPSA) is 59.5 Å². The largest absolute Gasteiger partial charge is 0.489 e. The summed E-state index contributed by atoms with van der Waals surface area (Å²) < 4.78 is 33.2. The second-order valence-corrected chi connectivity index (χ2v) is 8.75. The van der Waals surface area contributed by atoms with Gasteiger partial charge in [0.05, 0.1) is 6.54 Å². The van der Waals surface area contributed by atoms with E-state index in [4.69, 9.17) is 4.74 Å². The molecule has 1 saturated heterocycles. The summed E-state index contributed by atoms with van der Waals surface area (Å²) in [7, 11) is -3.41. The molecule has 22 heavy (non-hydrogen) atoms. The third-order valence-electron chi connectivity index (χ3n) is 3.60. The lowest BCUT2D eigenvalue weighted by Gasteiger charge is -2.31. The van der Waals surface area contributed by atoms with Gasteiger partial charge in [-0.05, 0) is 44.0 Å². The Labute approximate surface area is 134 Å². The molecule has 1 aliphatic rings. The Kier molecular flexibility index (Phi) is 4.46. The number of hydrogen-bond acceptors (Lipinski definition) is 5. The highest BCUT2D eigenvalue weighted by Gasteiger charge is 2.32. The van der Waals surface area contributed by atoms with Gasteiger partial charge in [-0.15, -0.1) is 11.3 Å². The summed E-state index contributed by atoms with van der Waals surface area (Å²) in [5, 5.41) is 0. The first-order valence-corrected chi connectivity index (χ1v) is 9.44. The van der Waals surface area contributed by atoms with Crippen molar-refractivity contribution in [3.63, 3.8) is 0 Å². The Morgan fingerprint density at radius 1 is 1.27 bits per heavy atom. The highest BCUT2D eigenvalue weighted by molar-refractivity contribution is 7.91. The molecule has 0 N–H and O–H groups in total. The molecule has 3 heterocycles. The maximum absolute atomic E-state index is 12.7. The molecule has 1 fully saturated rings. The van der Waals surface area contributed by atoms with Gasteiger partial charge in [0.25, 0.3) is 10.0 Å². The molecule has 1 atom stereocenters. The zero-order valence-corrected chi connectivity index (χ0v) is 13.9. The third kappa shape index (κ3) is 3.31. The summed E-state index contributed by atoms with van der Waals surface area (Å²) in [6, 6.07) is 7.10. The number of thiophene rings is 1. The van der Waals surface area contributed by atoms with Crippen LogP contribution in [-0.4, -0.2) is 36.9 Å². The predicted octanol–water partition coefficient (Wildman–Crippen LogP) is 2.68.